The Morgan fingerprint density at radius 1 is 1.12 bits per heavy atom. The van der Waals surface area contributed by atoms with Gasteiger partial charge in [0.15, 0.2) is 11.5 Å². The van der Waals surface area contributed by atoms with Crippen LogP contribution in [-0.2, 0) is 0 Å². The van der Waals surface area contributed by atoms with E-state index in [2.05, 4.69) is 25.3 Å². The molecule has 2 aromatic carbocycles. The minimum absolute atomic E-state index is 0.0595. The van der Waals surface area contributed by atoms with Gasteiger partial charge >= 0.3 is 0 Å². The molecule has 0 spiro atoms. The number of pyridine rings is 1. The van der Waals surface area contributed by atoms with Gasteiger partial charge in [0.25, 0.3) is 5.56 Å². The Bertz CT molecular complexity index is 1620. The Hall–Kier alpha value is -3.20. The number of hydrogen-bond donors (Lipinski definition) is 2. The second-order valence-electron chi connectivity index (χ2n) is 7.56. The van der Waals surface area contributed by atoms with E-state index in [1.807, 2.05) is 6.92 Å². The highest BCUT2D eigenvalue weighted by Gasteiger charge is 2.23. The monoisotopic (exact) mass is 516 g/mol. The first-order chi connectivity index (χ1) is 16.4. The van der Waals surface area contributed by atoms with Crippen LogP contribution >= 0.6 is 34.8 Å². The summed E-state index contributed by atoms with van der Waals surface area (Å²) in [6, 6.07) is 8.97. The summed E-state index contributed by atoms with van der Waals surface area (Å²) in [5, 5.41) is 4.37. The van der Waals surface area contributed by atoms with E-state index in [-0.39, 0.29) is 15.4 Å². The third-order valence-corrected chi connectivity index (χ3v) is 6.46. The van der Waals surface area contributed by atoms with Crippen molar-refractivity contribution in [1.29, 1.82) is 0 Å². The van der Waals surface area contributed by atoms with Gasteiger partial charge in [-0.05, 0) is 42.1 Å². The predicted octanol–water partition coefficient (Wildman–Crippen LogP) is 6.32. The first kappa shape index (κ1) is 22.6. The molecule has 5 aromatic rings. The maximum Gasteiger partial charge on any atom is 0.264 e. The van der Waals surface area contributed by atoms with E-state index >= 15 is 0 Å². The molecule has 3 aromatic heterocycles. The van der Waals surface area contributed by atoms with Crippen molar-refractivity contribution in [3.8, 4) is 5.69 Å². The summed E-state index contributed by atoms with van der Waals surface area (Å²) in [5.74, 6) is -0.159. The zero-order valence-corrected chi connectivity index (χ0v) is 19.9. The number of rotatable bonds is 5. The fourth-order valence-corrected chi connectivity index (χ4v) is 4.69. The van der Waals surface area contributed by atoms with Gasteiger partial charge < -0.3 is 10.3 Å². The zero-order chi connectivity index (χ0) is 24.0. The van der Waals surface area contributed by atoms with Crippen molar-refractivity contribution in [3.05, 3.63) is 86.0 Å². The molecule has 0 aliphatic rings. The molecule has 34 heavy (non-hydrogen) atoms. The summed E-state index contributed by atoms with van der Waals surface area (Å²) in [7, 11) is 0. The van der Waals surface area contributed by atoms with Crippen LogP contribution in [0.2, 0.25) is 15.1 Å². The molecule has 2 N–H and O–H groups in total. The van der Waals surface area contributed by atoms with Crippen LogP contribution in [0.5, 0.6) is 0 Å². The first-order valence-corrected chi connectivity index (χ1v) is 11.4. The fraction of sp³-hybridized carbons (Fsp3) is 0.130. The predicted molar refractivity (Wildman–Crippen MR) is 133 cm³/mol. The summed E-state index contributed by atoms with van der Waals surface area (Å²) in [6.07, 6.45) is 3.51. The quantitative estimate of drug-likeness (QED) is 0.285. The average Bonchev–Trinajstić information content (AvgIpc) is 3.30. The Morgan fingerprint density at radius 2 is 1.94 bits per heavy atom. The molecule has 0 saturated carbocycles. The lowest BCUT2D eigenvalue weighted by atomic mass is 10.0. The summed E-state index contributed by atoms with van der Waals surface area (Å²) in [6.45, 7) is 1.96. The molecule has 172 valence electrons. The Morgan fingerprint density at radius 3 is 2.71 bits per heavy atom. The minimum Gasteiger partial charge on any atom is -0.360 e. The summed E-state index contributed by atoms with van der Waals surface area (Å²) < 4.78 is 15.7. The van der Waals surface area contributed by atoms with Crippen LogP contribution in [-0.4, -0.2) is 24.5 Å². The van der Waals surface area contributed by atoms with E-state index < -0.39 is 17.4 Å². The highest BCUT2D eigenvalue weighted by atomic mass is 35.5. The van der Waals surface area contributed by atoms with E-state index in [4.69, 9.17) is 34.8 Å². The molecular weight excluding hydrogens is 502 g/mol. The third kappa shape index (κ3) is 3.77. The molecule has 0 fully saturated rings. The second-order valence-corrected chi connectivity index (χ2v) is 8.78. The molecule has 0 unspecified atom stereocenters. The normalized spacial score (nSPS) is 12.4. The molecule has 0 aliphatic carbocycles. The standard InChI is InChI=1S/C23H16Cl3FN6O/c1-2-15(32-22-20-21(29-9-28-20)30-10-31-22)17-7-11-3-5-14(27)19(26)18(11)23(34)33(17)16-6-4-12(24)8-13(16)25/h3-10,15H,2H2,1H3,(H2,28,29,30,31,32)/t15-/m1/s1. The molecule has 0 bridgehead atoms. The lowest BCUT2D eigenvalue weighted by Gasteiger charge is -2.24. The highest BCUT2D eigenvalue weighted by molar-refractivity contribution is 6.36. The topological polar surface area (TPSA) is 88.5 Å². The van der Waals surface area contributed by atoms with Crippen molar-refractivity contribution in [3.63, 3.8) is 0 Å². The number of aromatic nitrogens is 5. The smallest absolute Gasteiger partial charge is 0.264 e. The third-order valence-electron chi connectivity index (χ3n) is 5.56. The Balaban J connectivity index is 1.78. The van der Waals surface area contributed by atoms with Crippen LogP contribution < -0.4 is 10.9 Å². The van der Waals surface area contributed by atoms with Crippen molar-refractivity contribution in [2.24, 2.45) is 0 Å². The molecule has 3 heterocycles. The first-order valence-electron chi connectivity index (χ1n) is 10.3. The van der Waals surface area contributed by atoms with Gasteiger partial charge in [0.05, 0.1) is 33.5 Å². The molecule has 1 atom stereocenters. The van der Waals surface area contributed by atoms with E-state index in [9.17, 15) is 9.18 Å². The maximum absolute atomic E-state index is 14.3. The highest BCUT2D eigenvalue weighted by Crippen LogP contribution is 2.33. The van der Waals surface area contributed by atoms with Crippen molar-refractivity contribution in [2.45, 2.75) is 19.4 Å². The van der Waals surface area contributed by atoms with E-state index in [1.54, 1.807) is 24.3 Å². The van der Waals surface area contributed by atoms with Crippen molar-refractivity contribution in [1.82, 2.24) is 24.5 Å². The number of benzene rings is 2. The lowest BCUT2D eigenvalue weighted by Crippen LogP contribution is -2.27. The van der Waals surface area contributed by atoms with Crippen molar-refractivity contribution >= 4 is 62.6 Å². The molecule has 0 saturated heterocycles. The van der Waals surface area contributed by atoms with Crippen LogP contribution in [0, 0.1) is 5.82 Å². The number of nitrogens with one attached hydrogen (secondary N) is 2. The van der Waals surface area contributed by atoms with Crippen LogP contribution in [0.4, 0.5) is 10.2 Å². The number of imidazole rings is 1. The molecule has 11 heteroatoms. The van der Waals surface area contributed by atoms with Gasteiger partial charge in [-0.25, -0.2) is 19.3 Å². The number of fused-ring (bicyclic) bond motifs is 2. The number of aromatic amines is 1. The number of halogens is 4. The van der Waals surface area contributed by atoms with Gasteiger partial charge in [-0.1, -0.05) is 47.8 Å². The number of anilines is 1. The van der Waals surface area contributed by atoms with E-state index in [0.29, 0.717) is 45.2 Å². The lowest BCUT2D eigenvalue weighted by molar-refractivity contribution is 0.629. The van der Waals surface area contributed by atoms with Gasteiger partial charge in [0.1, 0.15) is 17.7 Å². The Labute approximate surface area is 207 Å². The van der Waals surface area contributed by atoms with Crippen LogP contribution in [0.15, 0.2) is 53.8 Å². The Kier molecular flexibility index (Phi) is 5.89. The van der Waals surface area contributed by atoms with Gasteiger partial charge in [-0.15, -0.1) is 0 Å². The van der Waals surface area contributed by atoms with E-state index in [0.717, 1.165) is 0 Å². The van der Waals surface area contributed by atoms with Gasteiger partial charge in [-0.2, -0.15) is 0 Å². The SMILES string of the molecule is CC[C@@H](Nc1ncnc2nc[nH]c12)c1cc2ccc(F)c(Cl)c2c(=O)n1-c1ccc(Cl)cc1Cl. The van der Waals surface area contributed by atoms with E-state index in [1.165, 1.54) is 29.4 Å². The number of nitrogens with zero attached hydrogens (tertiary/aromatic N) is 4. The molecule has 7 nitrogen and oxygen atoms in total. The molecule has 5 rings (SSSR count). The molecule has 0 amide bonds. The minimum atomic E-state index is -0.680. The molecular formula is C23H16Cl3FN6O. The fourth-order valence-electron chi connectivity index (χ4n) is 3.95. The summed E-state index contributed by atoms with van der Waals surface area (Å²) in [4.78, 5) is 29.4. The van der Waals surface area contributed by atoms with Crippen LogP contribution in [0.3, 0.4) is 0 Å². The van der Waals surface area contributed by atoms with Crippen molar-refractivity contribution < 1.29 is 4.39 Å². The number of H-pyrrole nitrogens is 1. The van der Waals surface area contributed by atoms with Gasteiger partial charge in [0.2, 0.25) is 0 Å². The second kappa shape index (κ2) is 8.87. The average molecular weight is 518 g/mol. The number of hydrogen-bond acceptors (Lipinski definition) is 5. The van der Waals surface area contributed by atoms with Gasteiger partial charge in [-0.3, -0.25) is 9.36 Å². The maximum atomic E-state index is 14.3. The zero-order valence-electron chi connectivity index (χ0n) is 17.6. The summed E-state index contributed by atoms with van der Waals surface area (Å²) >= 11 is 18.8. The molecule has 0 aliphatic heterocycles. The largest absolute Gasteiger partial charge is 0.360 e. The molecule has 0 radical (unpaired) electrons. The van der Waals surface area contributed by atoms with Crippen LogP contribution in [0.1, 0.15) is 25.1 Å². The summed E-state index contributed by atoms with van der Waals surface area (Å²) in [5.41, 5.74) is 1.61. The van der Waals surface area contributed by atoms with Crippen LogP contribution in [0.25, 0.3) is 27.6 Å². The van der Waals surface area contributed by atoms with Gasteiger partial charge in [0, 0.05) is 10.7 Å². The van der Waals surface area contributed by atoms with Crippen molar-refractivity contribution in [2.75, 3.05) is 5.32 Å².